The van der Waals surface area contributed by atoms with Crippen molar-refractivity contribution in [3.8, 4) is 0 Å². The van der Waals surface area contributed by atoms with Gasteiger partial charge >= 0.3 is 6.18 Å². The highest BCUT2D eigenvalue weighted by atomic mass is 19.4. The second kappa shape index (κ2) is 14.6. The van der Waals surface area contributed by atoms with E-state index in [0.29, 0.717) is 0 Å². The van der Waals surface area contributed by atoms with Crippen molar-refractivity contribution in [3.05, 3.63) is 96.2 Å². The van der Waals surface area contributed by atoms with Crippen molar-refractivity contribution in [3.63, 3.8) is 0 Å². The van der Waals surface area contributed by atoms with Crippen molar-refractivity contribution in [2.75, 3.05) is 14.7 Å². The number of allylic oxidation sites excluding steroid dienone is 5. The van der Waals surface area contributed by atoms with E-state index in [1.165, 1.54) is 23.6 Å². The van der Waals surface area contributed by atoms with E-state index in [1.54, 1.807) is 17.1 Å². The molecule has 1 unspecified atom stereocenters. The highest BCUT2D eigenvalue weighted by Gasteiger charge is 2.43. The minimum Gasteiger partial charge on any atom is -0.373 e. The molecule has 11 nitrogen and oxygen atoms in total. The summed E-state index contributed by atoms with van der Waals surface area (Å²) >= 11 is 0. The Bertz CT molecular complexity index is 1890. The molecule has 1 N–H and O–H groups in total. The quantitative estimate of drug-likeness (QED) is 0.273. The fourth-order valence-electron chi connectivity index (χ4n) is 5.87. The summed E-state index contributed by atoms with van der Waals surface area (Å²) in [5.74, 6) is 0.250. The van der Waals surface area contributed by atoms with Gasteiger partial charge in [-0.1, -0.05) is 71.9 Å². The first-order valence-electron chi connectivity index (χ1n) is 17.1. The van der Waals surface area contributed by atoms with Gasteiger partial charge in [-0.15, -0.1) is 0 Å². The lowest BCUT2D eigenvalue weighted by atomic mass is 9.86. The van der Waals surface area contributed by atoms with Crippen LogP contribution in [0.5, 0.6) is 0 Å². The predicted octanol–water partition coefficient (Wildman–Crippen LogP) is 7.75. The lowest BCUT2D eigenvalue weighted by Crippen LogP contribution is -2.39. The summed E-state index contributed by atoms with van der Waals surface area (Å²) in [6.07, 6.45) is 14.9. The van der Waals surface area contributed by atoms with Crippen LogP contribution in [-0.4, -0.2) is 52.6 Å². The molecule has 3 aliphatic rings. The number of aromatic nitrogens is 6. The molecule has 0 spiro atoms. The van der Waals surface area contributed by atoms with Crippen LogP contribution < -0.4 is 14.7 Å². The summed E-state index contributed by atoms with van der Waals surface area (Å²) in [7, 11) is 5.36. The lowest BCUT2D eigenvalue weighted by Gasteiger charge is -2.36. The van der Waals surface area contributed by atoms with E-state index >= 15 is 0 Å². The number of rotatable bonds is 4. The van der Waals surface area contributed by atoms with Crippen LogP contribution in [0, 0.1) is 37.0 Å². The van der Waals surface area contributed by atoms with E-state index < -0.39 is 23.8 Å². The highest BCUT2D eigenvalue weighted by Crippen LogP contribution is 2.35. The fourth-order valence-corrected chi connectivity index (χ4v) is 5.87. The number of alkyl halides is 3. The van der Waals surface area contributed by atoms with Crippen LogP contribution >= 0.6 is 0 Å². The topological polar surface area (TPSA) is 100 Å². The molecule has 3 aromatic heterocycles. The van der Waals surface area contributed by atoms with Gasteiger partial charge < -0.3 is 19.8 Å². The average Bonchev–Trinajstić information content (AvgIpc) is 3.63. The van der Waals surface area contributed by atoms with Crippen LogP contribution in [0.15, 0.2) is 73.5 Å². The largest absolute Gasteiger partial charge is 0.455 e. The summed E-state index contributed by atoms with van der Waals surface area (Å²) in [6, 6.07) is 4.05. The van der Waals surface area contributed by atoms with Crippen LogP contribution in [0.3, 0.4) is 0 Å². The van der Waals surface area contributed by atoms with Gasteiger partial charge in [0.25, 0.3) is 5.78 Å². The normalized spacial score (nSPS) is 19.7. The maximum Gasteiger partial charge on any atom is 0.455 e. The number of aliphatic hydroxyl groups excluding tert-OH is 1. The number of hydrogen-bond donors (Lipinski definition) is 1. The van der Waals surface area contributed by atoms with Gasteiger partial charge in [0.2, 0.25) is 0 Å². The van der Waals surface area contributed by atoms with Gasteiger partial charge in [0.15, 0.2) is 0 Å². The maximum atomic E-state index is 12.8. The SMILES string of the molecule is Cc1cc(N2C=CC(C)(C)C=C2)n(C)n1.Cc1cc(N2C=CC(C)(C)CC2O)n(C)n1.Cc1nn(C)c(N2C=CC(C)(C)C=C2)c1C(=O)C(F)(F)F. The van der Waals surface area contributed by atoms with Gasteiger partial charge in [0, 0.05) is 81.5 Å². The highest BCUT2D eigenvalue weighted by molar-refractivity contribution is 6.05. The number of halogens is 3. The number of hydrogen-bond acceptors (Lipinski definition) is 8. The Morgan fingerprint density at radius 2 is 1.17 bits per heavy atom. The number of aryl methyl sites for hydroxylation is 6. The van der Waals surface area contributed by atoms with Gasteiger partial charge in [0.05, 0.1) is 22.6 Å². The van der Waals surface area contributed by atoms with Crippen LogP contribution in [0.4, 0.5) is 30.6 Å². The Morgan fingerprint density at radius 3 is 1.60 bits per heavy atom. The number of ketones is 1. The molecule has 3 aliphatic heterocycles. The Balaban J connectivity index is 0.000000178. The molecule has 14 heteroatoms. The summed E-state index contributed by atoms with van der Waals surface area (Å²) < 4.78 is 43.2. The molecule has 0 saturated carbocycles. The summed E-state index contributed by atoms with van der Waals surface area (Å²) in [4.78, 5) is 17.1. The Hall–Kier alpha value is -4.85. The zero-order chi connectivity index (χ0) is 39.0. The maximum absolute atomic E-state index is 12.8. The van der Waals surface area contributed by atoms with Crippen molar-refractivity contribution >= 4 is 23.2 Å². The number of nitrogens with zero attached hydrogens (tertiary/aromatic N) is 9. The van der Waals surface area contributed by atoms with E-state index in [-0.39, 0.29) is 27.8 Å². The van der Waals surface area contributed by atoms with Crippen molar-refractivity contribution in [2.24, 2.45) is 37.4 Å². The fraction of sp³-hybridized carbons (Fsp3) is 0.474. The Morgan fingerprint density at radius 1 is 0.712 bits per heavy atom. The molecule has 0 radical (unpaired) electrons. The molecule has 0 saturated heterocycles. The molecule has 6 rings (SSSR count). The summed E-state index contributed by atoms with van der Waals surface area (Å²) in [6.45, 7) is 17.9. The van der Waals surface area contributed by atoms with Crippen molar-refractivity contribution < 1.29 is 23.1 Å². The summed E-state index contributed by atoms with van der Waals surface area (Å²) in [5, 5.41) is 22.7. The third-order valence-corrected chi connectivity index (χ3v) is 8.78. The smallest absolute Gasteiger partial charge is 0.373 e. The number of anilines is 3. The molecular formula is C38H52F3N9O2. The van der Waals surface area contributed by atoms with Crippen molar-refractivity contribution in [1.82, 2.24) is 29.3 Å². The second-order valence-corrected chi connectivity index (χ2v) is 15.4. The van der Waals surface area contributed by atoms with Crippen molar-refractivity contribution in [2.45, 2.75) is 81.1 Å². The van der Waals surface area contributed by atoms with E-state index in [2.05, 4.69) is 84.6 Å². The molecule has 0 fully saturated rings. The number of aliphatic hydroxyl groups is 1. The molecule has 52 heavy (non-hydrogen) atoms. The van der Waals surface area contributed by atoms with Gasteiger partial charge in [-0.05, 0) is 26.2 Å². The minimum atomic E-state index is -4.93. The van der Waals surface area contributed by atoms with E-state index in [0.717, 1.165) is 29.4 Å². The van der Waals surface area contributed by atoms with Gasteiger partial charge in [0.1, 0.15) is 23.7 Å². The molecule has 3 aromatic rings. The molecule has 0 bridgehead atoms. The van der Waals surface area contributed by atoms with E-state index in [9.17, 15) is 23.1 Å². The van der Waals surface area contributed by atoms with Crippen LogP contribution in [-0.2, 0) is 21.1 Å². The van der Waals surface area contributed by atoms with Gasteiger partial charge in [-0.3, -0.25) is 18.8 Å². The molecule has 0 aromatic carbocycles. The minimum absolute atomic E-state index is 0.0569. The molecule has 0 aliphatic carbocycles. The number of carbonyl (C=O) groups is 1. The molecule has 0 amide bonds. The van der Waals surface area contributed by atoms with Crippen LogP contribution in [0.2, 0.25) is 0 Å². The molecular weight excluding hydrogens is 671 g/mol. The molecule has 6 heterocycles. The summed E-state index contributed by atoms with van der Waals surface area (Å²) in [5.41, 5.74) is 1.67. The monoisotopic (exact) mass is 723 g/mol. The standard InChI is InChI=1S/C14H16F3N3O.C12H19N3O.C12H17N3/c1-9-10(11(21)14(15,16)17)12(19(4)18-9)20-7-5-13(2,3)6-8-20;1-9-7-10(14(4)13-9)15-6-5-12(2,3)8-11(15)16;1-10-9-11(14(4)13-10)15-7-5-12(2,3)6-8-15/h5-8H,1-4H3;5-7,11,16H,8H2,1-4H3;5-9H,1-4H3. The molecule has 282 valence electrons. The van der Waals surface area contributed by atoms with Crippen LogP contribution in [0.25, 0.3) is 0 Å². The first-order valence-corrected chi connectivity index (χ1v) is 17.1. The second-order valence-electron chi connectivity index (χ2n) is 15.4. The third kappa shape index (κ3) is 9.52. The van der Waals surface area contributed by atoms with E-state index in [4.69, 9.17) is 0 Å². The van der Waals surface area contributed by atoms with Crippen LogP contribution in [0.1, 0.15) is 75.4 Å². The number of carbonyl (C=O) groups excluding carboxylic acids is 1. The third-order valence-electron chi connectivity index (χ3n) is 8.78. The predicted molar refractivity (Wildman–Crippen MR) is 199 cm³/mol. The molecule has 1 atom stereocenters. The Labute approximate surface area is 304 Å². The van der Waals surface area contributed by atoms with Gasteiger partial charge in [-0.2, -0.15) is 28.5 Å². The first-order chi connectivity index (χ1) is 23.9. The van der Waals surface area contributed by atoms with E-state index in [1.807, 2.05) is 75.8 Å². The zero-order valence-corrected chi connectivity index (χ0v) is 32.2. The number of Topliss-reactive ketones (excluding diaryl/α,β-unsaturated/α-hetero) is 1. The lowest BCUT2D eigenvalue weighted by molar-refractivity contribution is -0.0885. The van der Waals surface area contributed by atoms with Crippen molar-refractivity contribution in [1.29, 1.82) is 0 Å². The van der Waals surface area contributed by atoms with Gasteiger partial charge in [-0.25, -0.2) is 0 Å². The Kier molecular flexibility index (Phi) is 11.2. The average molecular weight is 724 g/mol. The zero-order valence-electron chi connectivity index (χ0n) is 32.2. The first kappa shape index (κ1) is 39.9.